The van der Waals surface area contributed by atoms with Crippen LogP contribution in [0.25, 0.3) is 0 Å². The number of benzene rings is 1. The van der Waals surface area contributed by atoms with Crippen LogP contribution >= 0.6 is 11.6 Å². The first-order valence-electron chi connectivity index (χ1n) is 7.02. The van der Waals surface area contributed by atoms with E-state index in [2.05, 4.69) is 6.92 Å². The smallest absolute Gasteiger partial charge is 0.227 e. The molecule has 1 aromatic carbocycles. The number of phenolic OH excluding ortho intramolecular Hbond substituents is 1. The van der Waals surface area contributed by atoms with Gasteiger partial charge in [-0.05, 0) is 30.0 Å². The second-order valence-corrected chi connectivity index (χ2v) is 5.88. The first-order valence-corrected chi connectivity index (χ1v) is 7.39. The molecule has 0 bridgehead atoms. The third-order valence-electron chi connectivity index (χ3n) is 3.87. The summed E-state index contributed by atoms with van der Waals surface area (Å²) in [6.45, 7) is 3.52. The van der Waals surface area contributed by atoms with Crippen LogP contribution in [0.3, 0.4) is 0 Å². The molecule has 2 atom stereocenters. The lowest BCUT2D eigenvalue weighted by Gasteiger charge is -2.16. The van der Waals surface area contributed by atoms with Gasteiger partial charge in [-0.15, -0.1) is 0 Å². The zero-order chi connectivity index (χ0) is 14.7. The van der Waals surface area contributed by atoms with Crippen LogP contribution in [0, 0.1) is 5.92 Å². The summed E-state index contributed by atoms with van der Waals surface area (Å²) >= 11 is 5.85. The van der Waals surface area contributed by atoms with Crippen LogP contribution in [0.4, 0.5) is 0 Å². The Hall–Kier alpha value is -1.26. The van der Waals surface area contributed by atoms with E-state index in [1.54, 1.807) is 12.1 Å². The molecule has 110 valence electrons. The Morgan fingerprint density at radius 3 is 2.90 bits per heavy atom. The van der Waals surface area contributed by atoms with Gasteiger partial charge in [-0.3, -0.25) is 4.79 Å². The van der Waals surface area contributed by atoms with Crippen LogP contribution in [-0.2, 0) is 11.2 Å². The van der Waals surface area contributed by atoms with Crippen LogP contribution in [0.2, 0.25) is 5.02 Å². The maximum absolute atomic E-state index is 12.3. The number of aromatic hydroxyl groups is 1. The van der Waals surface area contributed by atoms with Gasteiger partial charge in [0.25, 0.3) is 0 Å². The highest BCUT2D eigenvalue weighted by Crippen LogP contribution is 2.25. The summed E-state index contributed by atoms with van der Waals surface area (Å²) in [6.07, 6.45) is 2.45. The second kappa shape index (κ2) is 6.46. The van der Waals surface area contributed by atoms with Gasteiger partial charge in [-0.2, -0.15) is 0 Å². The molecule has 0 radical (unpaired) electrons. The predicted octanol–water partition coefficient (Wildman–Crippen LogP) is 2.17. The Morgan fingerprint density at radius 1 is 1.50 bits per heavy atom. The van der Waals surface area contributed by atoms with Gasteiger partial charge >= 0.3 is 0 Å². The van der Waals surface area contributed by atoms with E-state index in [1.807, 2.05) is 4.90 Å². The average Bonchev–Trinajstić information content (AvgIpc) is 2.76. The molecule has 1 fully saturated rings. The van der Waals surface area contributed by atoms with Crippen molar-refractivity contribution in [2.75, 3.05) is 13.1 Å². The number of nitrogens with zero attached hydrogens (tertiary/aromatic N) is 1. The minimum Gasteiger partial charge on any atom is -0.506 e. The van der Waals surface area contributed by atoms with Gasteiger partial charge in [0.05, 0.1) is 11.4 Å². The van der Waals surface area contributed by atoms with E-state index in [0.29, 0.717) is 18.9 Å². The van der Waals surface area contributed by atoms with E-state index in [9.17, 15) is 9.90 Å². The van der Waals surface area contributed by atoms with Crippen molar-refractivity contribution < 1.29 is 9.90 Å². The van der Waals surface area contributed by atoms with E-state index >= 15 is 0 Å². The number of nitrogens with two attached hydrogens (primary N) is 1. The molecule has 5 heteroatoms. The summed E-state index contributed by atoms with van der Waals surface area (Å²) in [5, 5.41) is 9.65. The molecule has 0 spiro atoms. The quantitative estimate of drug-likeness (QED) is 0.895. The molecule has 1 aromatic rings. The fourth-order valence-corrected chi connectivity index (χ4v) is 2.93. The molecule has 0 aliphatic carbocycles. The molecule has 1 amide bonds. The Balaban J connectivity index is 1.97. The monoisotopic (exact) mass is 296 g/mol. The lowest BCUT2D eigenvalue weighted by Crippen LogP contribution is -2.33. The van der Waals surface area contributed by atoms with E-state index in [4.69, 9.17) is 17.3 Å². The highest BCUT2D eigenvalue weighted by atomic mass is 35.5. The van der Waals surface area contributed by atoms with Crippen LogP contribution in [0.15, 0.2) is 18.2 Å². The van der Waals surface area contributed by atoms with Crippen molar-refractivity contribution in [1.82, 2.24) is 4.90 Å². The SMILES string of the molecule is CCCC1CN(C(=O)Cc2ccc(O)c(Cl)c2)CC1N. The number of hydrogen-bond donors (Lipinski definition) is 2. The van der Waals surface area contributed by atoms with Crippen molar-refractivity contribution in [3.8, 4) is 5.75 Å². The summed E-state index contributed by atoms with van der Waals surface area (Å²) < 4.78 is 0. The number of halogens is 1. The number of amides is 1. The lowest BCUT2D eigenvalue weighted by molar-refractivity contribution is -0.129. The van der Waals surface area contributed by atoms with Crippen molar-refractivity contribution in [3.63, 3.8) is 0 Å². The second-order valence-electron chi connectivity index (χ2n) is 5.47. The molecule has 1 aliphatic heterocycles. The maximum atomic E-state index is 12.3. The maximum Gasteiger partial charge on any atom is 0.227 e. The Kier molecular flexibility index (Phi) is 4.89. The Labute approximate surface area is 124 Å². The third kappa shape index (κ3) is 3.44. The van der Waals surface area contributed by atoms with Crippen molar-refractivity contribution in [3.05, 3.63) is 28.8 Å². The number of phenols is 1. The van der Waals surface area contributed by atoms with Gasteiger partial charge in [0, 0.05) is 19.1 Å². The van der Waals surface area contributed by atoms with Gasteiger partial charge in [0.15, 0.2) is 0 Å². The molecule has 2 rings (SSSR count). The summed E-state index contributed by atoms with van der Waals surface area (Å²) in [4.78, 5) is 14.1. The highest BCUT2D eigenvalue weighted by molar-refractivity contribution is 6.32. The number of carbonyl (C=O) groups is 1. The van der Waals surface area contributed by atoms with Gasteiger partial charge in [-0.25, -0.2) is 0 Å². The lowest BCUT2D eigenvalue weighted by atomic mass is 9.99. The highest BCUT2D eigenvalue weighted by Gasteiger charge is 2.31. The molecule has 20 heavy (non-hydrogen) atoms. The topological polar surface area (TPSA) is 66.6 Å². The molecule has 1 saturated heterocycles. The van der Waals surface area contributed by atoms with Gasteiger partial charge < -0.3 is 15.7 Å². The first kappa shape index (κ1) is 15.1. The summed E-state index contributed by atoms with van der Waals surface area (Å²) in [7, 11) is 0. The van der Waals surface area contributed by atoms with Crippen LogP contribution in [0.1, 0.15) is 25.3 Å². The molecule has 2 unspecified atom stereocenters. The molecular formula is C15H21ClN2O2. The summed E-state index contributed by atoms with van der Waals surface area (Å²) in [5.74, 6) is 0.516. The average molecular weight is 297 g/mol. The van der Waals surface area contributed by atoms with Crippen molar-refractivity contribution in [1.29, 1.82) is 0 Å². The standard InChI is InChI=1S/C15H21ClN2O2/c1-2-3-11-8-18(9-13(11)17)15(20)7-10-4-5-14(19)12(16)6-10/h4-6,11,13,19H,2-3,7-9,17H2,1H3. The van der Waals surface area contributed by atoms with Crippen LogP contribution in [-0.4, -0.2) is 35.0 Å². The summed E-state index contributed by atoms with van der Waals surface area (Å²) in [5.41, 5.74) is 6.89. The first-order chi connectivity index (χ1) is 9.51. The molecular weight excluding hydrogens is 276 g/mol. The fourth-order valence-electron chi connectivity index (χ4n) is 2.72. The molecule has 0 saturated carbocycles. The number of likely N-dealkylation sites (tertiary alicyclic amines) is 1. The van der Waals surface area contributed by atoms with E-state index in [0.717, 1.165) is 24.9 Å². The zero-order valence-corrected chi connectivity index (χ0v) is 12.4. The zero-order valence-electron chi connectivity index (χ0n) is 11.7. The fraction of sp³-hybridized carbons (Fsp3) is 0.533. The summed E-state index contributed by atoms with van der Waals surface area (Å²) in [6, 6.07) is 4.95. The molecule has 4 nitrogen and oxygen atoms in total. The van der Waals surface area contributed by atoms with E-state index < -0.39 is 0 Å². The largest absolute Gasteiger partial charge is 0.506 e. The minimum atomic E-state index is 0.0362. The molecule has 1 aliphatic rings. The van der Waals surface area contributed by atoms with Crippen molar-refractivity contribution in [2.24, 2.45) is 11.7 Å². The minimum absolute atomic E-state index is 0.0362. The molecule has 3 N–H and O–H groups in total. The Morgan fingerprint density at radius 2 is 2.25 bits per heavy atom. The van der Waals surface area contributed by atoms with Gasteiger partial charge in [-0.1, -0.05) is 31.0 Å². The normalized spacial score (nSPS) is 22.2. The Bertz CT molecular complexity index is 493. The van der Waals surface area contributed by atoms with Gasteiger partial charge in [0.2, 0.25) is 5.91 Å². The number of rotatable bonds is 4. The van der Waals surface area contributed by atoms with Crippen LogP contribution < -0.4 is 5.73 Å². The number of carbonyl (C=O) groups excluding carboxylic acids is 1. The van der Waals surface area contributed by atoms with E-state index in [-0.39, 0.29) is 22.7 Å². The van der Waals surface area contributed by atoms with Gasteiger partial charge in [0.1, 0.15) is 5.75 Å². The van der Waals surface area contributed by atoms with E-state index in [1.165, 1.54) is 6.07 Å². The third-order valence-corrected chi connectivity index (χ3v) is 4.17. The molecule has 1 heterocycles. The predicted molar refractivity (Wildman–Crippen MR) is 79.8 cm³/mol. The number of hydrogen-bond acceptors (Lipinski definition) is 3. The van der Waals surface area contributed by atoms with Crippen molar-refractivity contribution >= 4 is 17.5 Å². The van der Waals surface area contributed by atoms with Crippen LogP contribution in [0.5, 0.6) is 5.75 Å². The van der Waals surface area contributed by atoms with Crippen molar-refractivity contribution in [2.45, 2.75) is 32.2 Å². The molecule has 0 aromatic heterocycles.